The fraction of sp³-hybridized carbons (Fsp3) is 0.350. The van der Waals surface area contributed by atoms with Crippen LogP contribution in [0.1, 0.15) is 17.5 Å². The number of ether oxygens (including phenoxy) is 1. The average molecular weight is 391 g/mol. The maximum atomic E-state index is 12.2. The first-order chi connectivity index (χ1) is 12.9. The lowest BCUT2D eigenvalue weighted by Gasteiger charge is -2.19. The molecule has 2 rings (SSSR count). The van der Waals surface area contributed by atoms with Crippen LogP contribution in [0, 0.1) is 0 Å². The first-order valence-corrected chi connectivity index (χ1v) is 10.6. The summed E-state index contributed by atoms with van der Waals surface area (Å²) in [4.78, 5) is 12.2. The Morgan fingerprint density at radius 2 is 1.74 bits per heavy atom. The van der Waals surface area contributed by atoms with E-state index in [9.17, 15) is 13.2 Å². The molecule has 146 valence electrons. The molecular weight excluding hydrogens is 364 g/mol. The van der Waals surface area contributed by atoms with E-state index in [0.29, 0.717) is 18.7 Å². The predicted molar refractivity (Wildman–Crippen MR) is 106 cm³/mol. The quantitative estimate of drug-likeness (QED) is 0.675. The molecule has 0 aliphatic rings. The maximum absolute atomic E-state index is 12.2. The van der Waals surface area contributed by atoms with Gasteiger partial charge in [0.25, 0.3) is 0 Å². The SMILES string of the molecule is COc1ccccc1CNC(=O)CN(CCCc1ccccc1)S(C)(=O)=O. The summed E-state index contributed by atoms with van der Waals surface area (Å²) in [5, 5.41) is 2.76. The molecule has 0 saturated heterocycles. The van der Waals surface area contributed by atoms with Crippen LogP contribution in [0.4, 0.5) is 0 Å². The van der Waals surface area contributed by atoms with Crippen molar-refractivity contribution < 1.29 is 17.9 Å². The van der Waals surface area contributed by atoms with Gasteiger partial charge in [0.1, 0.15) is 5.75 Å². The molecule has 0 aromatic heterocycles. The number of nitrogens with one attached hydrogen (secondary N) is 1. The van der Waals surface area contributed by atoms with Gasteiger partial charge >= 0.3 is 0 Å². The molecule has 0 aliphatic carbocycles. The molecule has 2 aromatic carbocycles. The zero-order valence-corrected chi connectivity index (χ0v) is 16.5. The molecule has 2 aromatic rings. The highest BCUT2D eigenvalue weighted by Crippen LogP contribution is 2.16. The van der Waals surface area contributed by atoms with Crippen LogP contribution < -0.4 is 10.1 Å². The highest BCUT2D eigenvalue weighted by molar-refractivity contribution is 7.88. The van der Waals surface area contributed by atoms with E-state index in [2.05, 4.69) is 5.32 Å². The van der Waals surface area contributed by atoms with E-state index >= 15 is 0 Å². The van der Waals surface area contributed by atoms with E-state index in [-0.39, 0.29) is 19.0 Å². The van der Waals surface area contributed by atoms with Crippen molar-refractivity contribution in [1.29, 1.82) is 0 Å². The van der Waals surface area contributed by atoms with Gasteiger partial charge in [-0.3, -0.25) is 4.79 Å². The fourth-order valence-electron chi connectivity index (χ4n) is 2.73. The van der Waals surface area contributed by atoms with Crippen LogP contribution in [0.5, 0.6) is 5.75 Å². The van der Waals surface area contributed by atoms with Gasteiger partial charge in [0, 0.05) is 18.7 Å². The summed E-state index contributed by atoms with van der Waals surface area (Å²) < 4.78 is 30.5. The second-order valence-electron chi connectivity index (χ2n) is 6.27. The van der Waals surface area contributed by atoms with E-state index in [1.807, 2.05) is 54.6 Å². The second-order valence-corrected chi connectivity index (χ2v) is 8.26. The number of nitrogens with zero attached hydrogens (tertiary/aromatic N) is 1. The second kappa shape index (κ2) is 10.1. The number of benzene rings is 2. The minimum atomic E-state index is -3.46. The number of rotatable bonds is 10. The first kappa shape index (κ1) is 20.9. The number of hydrogen-bond donors (Lipinski definition) is 1. The van der Waals surface area contributed by atoms with E-state index in [1.54, 1.807) is 7.11 Å². The van der Waals surface area contributed by atoms with Crippen LogP contribution in [0.15, 0.2) is 54.6 Å². The third-order valence-electron chi connectivity index (χ3n) is 4.17. The molecule has 7 heteroatoms. The van der Waals surface area contributed by atoms with Crippen molar-refractivity contribution in [1.82, 2.24) is 9.62 Å². The smallest absolute Gasteiger partial charge is 0.235 e. The molecule has 1 N–H and O–H groups in total. The summed E-state index contributed by atoms with van der Waals surface area (Å²) in [6.45, 7) is 0.392. The van der Waals surface area contributed by atoms with E-state index in [1.165, 1.54) is 4.31 Å². The van der Waals surface area contributed by atoms with Crippen molar-refractivity contribution in [2.45, 2.75) is 19.4 Å². The highest BCUT2D eigenvalue weighted by Gasteiger charge is 2.19. The molecule has 27 heavy (non-hydrogen) atoms. The number of aryl methyl sites for hydroxylation is 1. The zero-order valence-electron chi connectivity index (χ0n) is 15.7. The van der Waals surface area contributed by atoms with Crippen LogP contribution in [-0.2, 0) is 27.8 Å². The minimum absolute atomic E-state index is 0.192. The summed E-state index contributed by atoms with van der Waals surface area (Å²) >= 11 is 0. The lowest BCUT2D eigenvalue weighted by Crippen LogP contribution is -2.40. The number of carbonyl (C=O) groups is 1. The molecule has 0 atom stereocenters. The van der Waals surface area contributed by atoms with Crippen LogP contribution in [0.2, 0.25) is 0 Å². The fourth-order valence-corrected chi connectivity index (χ4v) is 3.54. The van der Waals surface area contributed by atoms with Crippen molar-refractivity contribution in [2.75, 3.05) is 26.5 Å². The molecule has 0 fully saturated rings. The highest BCUT2D eigenvalue weighted by atomic mass is 32.2. The molecule has 0 bridgehead atoms. The predicted octanol–water partition coefficient (Wildman–Crippen LogP) is 2.21. The van der Waals surface area contributed by atoms with Crippen molar-refractivity contribution in [2.24, 2.45) is 0 Å². The monoisotopic (exact) mass is 390 g/mol. The van der Waals surface area contributed by atoms with Gasteiger partial charge in [-0.15, -0.1) is 0 Å². The Morgan fingerprint density at radius 1 is 1.07 bits per heavy atom. The van der Waals surface area contributed by atoms with Crippen LogP contribution in [0.25, 0.3) is 0 Å². The number of methoxy groups -OCH3 is 1. The standard InChI is InChI=1S/C20H26N2O4S/c1-26-19-13-7-6-12-18(19)15-21-20(23)16-22(27(2,24)25)14-8-11-17-9-4-3-5-10-17/h3-7,9-10,12-13H,8,11,14-16H2,1-2H3,(H,21,23). The summed E-state index contributed by atoms with van der Waals surface area (Å²) in [6, 6.07) is 17.2. The first-order valence-electron chi connectivity index (χ1n) is 8.78. The molecule has 0 radical (unpaired) electrons. The molecule has 0 saturated carbocycles. The van der Waals surface area contributed by atoms with E-state index < -0.39 is 10.0 Å². The summed E-state index contributed by atoms with van der Waals surface area (Å²) in [6.07, 6.45) is 2.54. The van der Waals surface area contributed by atoms with Crippen molar-refractivity contribution in [3.63, 3.8) is 0 Å². The number of carbonyl (C=O) groups excluding carboxylic acids is 1. The Bertz CT molecular complexity index is 838. The number of para-hydroxylation sites is 1. The lowest BCUT2D eigenvalue weighted by atomic mass is 10.1. The molecule has 0 heterocycles. The van der Waals surface area contributed by atoms with Gasteiger partial charge in [-0.2, -0.15) is 4.31 Å². The average Bonchev–Trinajstić information content (AvgIpc) is 2.66. The number of hydrogen-bond acceptors (Lipinski definition) is 4. The summed E-state index contributed by atoms with van der Waals surface area (Å²) in [7, 11) is -1.89. The van der Waals surface area contributed by atoms with Gasteiger partial charge in [-0.05, 0) is 24.5 Å². The molecule has 0 aliphatic heterocycles. The summed E-state index contributed by atoms with van der Waals surface area (Å²) in [5.41, 5.74) is 1.98. The van der Waals surface area contributed by atoms with Crippen molar-refractivity contribution in [3.8, 4) is 5.75 Å². The molecule has 6 nitrogen and oxygen atoms in total. The molecular formula is C20H26N2O4S. The Morgan fingerprint density at radius 3 is 2.41 bits per heavy atom. The Kier molecular flexibility index (Phi) is 7.82. The largest absolute Gasteiger partial charge is 0.496 e. The third-order valence-corrected chi connectivity index (χ3v) is 5.42. The lowest BCUT2D eigenvalue weighted by molar-refractivity contribution is -0.121. The Hall–Kier alpha value is -2.38. The maximum Gasteiger partial charge on any atom is 0.235 e. The molecule has 0 spiro atoms. The minimum Gasteiger partial charge on any atom is -0.496 e. The third kappa shape index (κ3) is 7.03. The van der Waals surface area contributed by atoms with Crippen LogP contribution in [0.3, 0.4) is 0 Å². The van der Waals surface area contributed by atoms with Gasteiger partial charge < -0.3 is 10.1 Å². The Labute approximate surface area is 161 Å². The van der Waals surface area contributed by atoms with Gasteiger partial charge in [-0.25, -0.2) is 8.42 Å². The Balaban J connectivity index is 1.88. The van der Waals surface area contributed by atoms with Crippen molar-refractivity contribution >= 4 is 15.9 Å². The van der Waals surface area contributed by atoms with Crippen molar-refractivity contribution in [3.05, 3.63) is 65.7 Å². The zero-order chi connectivity index (χ0) is 19.7. The number of amides is 1. The van der Waals surface area contributed by atoms with Gasteiger partial charge in [0.05, 0.1) is 19.9 Å². The topological polar surface area (TPSA) is 75.7 Å². The molecule has 0 unspecified atom stereocenters. The van der Waals surface area contributed by atoms with Crippen LogP contribution in [-0.4, -0.2) is 45.1 Å². The van der Waals surface area contributed by atoms with E-state index in [0.717, 1.165) is 23.8 Å². The van der Waals surface area contributed by atoms with Gasteiger partial charge in [0.2, 0.25) is 15.9 Å². The number of sulfonamides is 1. The molecule has 1 amide bonds. The van der Waals surface area contributed by atoms with Gasteiger partial charge in [0.15, 0.2) is 0 Å². The van der Waals surface area contributed by atoms with Crippen LogP contribution >= 0.6 is 0 Å². The van der Waals surface area contributed by atoms with E-state index in [4.69, 9.17) is 4.74 Å². The van der Waals surface area contributed by atoms with Gasteiger partial charge in [-0.1, -0.05) is 48.5 Å². The normalized spacial score (nSPS) is 11.4. The summed E-state index contributed by atoms with van der Waals surface area (Å²) in [5.74, 6) is 0.340.